The van der Waals surface area contributed by atoms with E-state index in [-0.39, 0.29) is 11.6 Å². The summed E-state index contributed by atoms with van der Waals surface area (Å²) in [5.74, 6) is 0. The Morgan fingerprint density at radius 1 is 1.50 bits per heavy atom. The highest BCUT2D eigenvalue weighted by molar-refractivity contribution is 4.81. The Morgan fingerprint density at radius 3 is 2.30 bits per heavy atom. The molecule has 0 saturated heterocycles. The maximum Gasteiger partial charge on any atom is 0.0772 e. The second-order valence-electron chi connectivity index (χ2n) is 3.20. The van der Waals surface area contributed by atoms with Gasteiger partial charge in [-0.05, 0) is 20.3 Å². The molecule has 1 unspecified atom stereocenters. The number of ether oxygens (including phenoxy) is 1. The van der Waals surface area contributed by atoms with Gasteiger partial charge in [0.2, 0.25) is 0 Å². The Balaban J connectivity index is 3.78. The van der Waals surface area contributed by atoms with Gasteiger partial charge in [0.25, 0.3) is 0 Å². The molecule has 0 heterocycles. The molecule has 0 spiro atoms. The van der Waals surface area contributed by atoms with Gasteiger partial charge in [-0.25, -0.2) is 0 Å². The molecule has 0 fully saturated rings. The molecule has 62 valence electrons. The van der Waals surface area contributed by atoms with Gasteiger partial charge in [0, 0.05) is 13.2 Å². The fraction of sp³-hybridized carbons (Fsp3) is 1.00. The van der Waals surface area contributed by atoms with E-state index in [1.165, 1.54) is 0 Å². The summed E-state index contributed by atoms with van der Waals surface area (Å²) < 4.78 is 5.23. The Hall–Kier alpha value is -0.0800. The molecule has 2 heteroatoms. The van der Waals surface area contributed by atoms with Crippen molar-refractivity contribution >= 4 is 0 Å². The summed E-state index contributed by atoms with van der Waals surface area (Å²) in [6.45, 7) is 6.17. The highest BCUT2D eigenvalue weighted by Gasteiger charge is 2.24. The number of rotatable bonds is 4. The maximum atomic E-state index is 5.85. The first kappa shape index (κ1) is 9.92. The van der Waals surface area contributed by atoms with Crippen LogP contribution in [0.2, 0.25) is 0 Å². The Bertz CT molecular complexity index is 91.3. The standard InChI is InChI=1S/C8H19NO/c1-5-6-7(9)8(2,3)10-4/h7H,5-6,9H2,1-4H3. The minimum atomic E-state index is -0.171. The summed E-state index contributed by atoms with van der Waals surface area (Å²) in [7, 11) is 1.70. The van der Waals surface area contributed by atoms with Crippen molar-refractivity contribution in [3.05, 3.63) is 0 Å². The van der Waals surface area contributed by atoms with Crippen LogP contribution in [0.4, 0.5) is 0 Å². The quantitative estimate of drug-likeness (QED) is 0.651. The summed E-state index contributed by atoms with van der Waals surface area (Å²) >= 11 is 0. The van der Waals surface area contributed by atoms with Crippen LogP contribution >= 0.6 is 0 Å². The zero-order chi connectivity index (χ0) is 8.20. The molecule has 0 aliphatic heterocycles. The van der Waals surface area contributed by atoms with Crippen molar-refractivity contribution in [1.29, 1.82) is 0 Å². The minimum absolute atomic E-state index is 0.155. The number of methoxy groups -OCH3 is 1. The van der Waals surface area contributed by atoms with Crippen molar-refractivity contribution in [2.45, 2.75) is 45.3 Å². The van der Waals surface area contributed by atoms with Crippen LogP contribution in [0.5, 0.6) is 0 Å². The van der Waals surface area contributed by atoms with E-state index in [1.54, 1.807) is 7.11 Å². The second-order valence-corrected chi connectivity index (χ2v) is 3.20. The van der Waals surface area contributed by atoms with Gasteiger partial charge in [-0.15, -0.1) is 0 Å². The van der Waals surface area contributed by atoms with Crippen molar-refractivity contribution in [2.24, 2.45) is 5.73 Å². The molecule has 0 aromatic heterocycles. The average Bonchev–Trinajstić information content (AvgIpc) is 1.89. The van der Waals surface area contributed by atoms with Crippen LogP contribution in [0, 0.1) is 0 Å². The minimum Gasteiger partial charge on any atom is -0.377 e. The third kappa shape index (κ3) is 2.67. The summed E-state index contributed by atoms with van der Waals surface area (Å²) in [6.07, 6.45) is 2.15. The van der Waals surface area contributed by atoms with Gasteiger partial charge < -0.3 is 10.5 Å². The number of hydrogen-bond acceptors (Lipinski definition) is 2. The van der Waals surface area contributed by atoms with E-state index in [9.17, 15) is 0 Å². The summed E-state index contributed by atoms with van der Waals surface area (Å²) in [5, 5.41) is 0. The Labute approximate surface area is 63.7 Å². The van der Waals surface area contributed by atoms with Crippen LogP contribution < -0.4 is 5.73 Å². The van der Waals surface area contributed by atoms with E-state index < -0.39 is 0 Å². The van der Waals surface area contributed by atoms with Crippen molar-refractivity contribution in [1.82, 2.24) is 0 Å². The van der Waals surface area contributed by atoms with E-state index >= 15 is 0 Å². The molecule has 0 aliphatic rings. The topological polar surface area (TPSA) is 35.2 Å². The number of nitrogens with two attached hydrogens (primary N) is 1. The lowest BCUT2D eigenvalue weighted by molar-refractivity contribution is -0.00157. The lowest BCUT2D eigenvalue weighted by Crippen LogP contribution is -2.44. The summed E-state index contributed by atoms with van der Waals surface area (Å²) in [5.41, 5.74) is 5.68. The van der Waals surface area contributed by atoms with Crippen LogP contribution in [0.1, 0.15) is 33.6 Å². The molecule has 2 nitrogen and oxygen atoms in total. The SMILES string of the molecule is CCCC(N)C(C)(C)OC. The zero-order valence-electron chi connectivity index (χ0n) is 7.48. The molecule has 0 rings (SSSR count). The molecule has 0 aromatic rings. The predicted octanol–water partition coefficient (Wildman–Crippen LogP) is 1.54. The number of hydrogen-bond donors (Lipinski definition) is 1. The molecular weight excluding hydrogens is 126 g/mol. The maximum absolute atomic E-state index is 5.85. The van der Waals surface area contributed by atoms with Gasteiger partial charge in [-0.3, -0.25) is 0 Å². The van der Waals surface area contributed by atoms with Gasteiger partial charge in [-0.2, -0.15) is 0 Å². The summed E-state index contributed by atoms with van der Waals surface area (Å²) in [6, 6.07) is 0.155. The van der Waals surface area contributed by atoms with E-state index in [1.807, 2.05) is 13.8 Å². The van der Waals surface area contributed by atoms with Gasteiger partial charge >= 0.3 is 0 Å². The van der Waals surface area contributed by atoms with Gasteiger partial charge in [0.15, 0.2) is 0 Å². The van der Waals surface area contributed by atoms with Crippen molar-refractivity contribution < 1.29 is 4.74 Å². The van der Waals surface area contributed by atoms with E-state index in [0.29, 0.717) is 0 Å². The predicted molar refractivity (Wildman–Crippen MR) is 44.0 cm³/mol. The lowest BCUT2D eigenvalue weighted by Gasteiger charge is -2.29. The van der Waals surface area contributed by atoms with Crippen molar-refractivity contribution in [3.63, 3.8) is 0 Å². The highest BCUT2D eigenvalue weighted by Crippen LogP contribution is 2.15. The van der Waals surface area contributed by atoms with E-state index in [0.717, 1.165) is 12.8 Å². The molecule has 0 radical (unpaired) electrons. The normalized spacial score (nSPS) is 15.3. The monoisotopic (exact) mass is 145 g/mol. The third-order valence-corrected chi connectivity index (χ3v) is 2.02. The van der Waals surface area contributed by atoms with Gasteiger partial charge in [0.05, 0.1) is 5.60 Å². The first-order chi connectivity index (χ1) is 4.54. The third-order valence-electron chi connectivity index (χ3n) is 2.02. The van der Waals surface area contributed by atoms with Crippen LogP contribution in [0.25, 0.3) is 0 Å². The van der Waals surface area contributed by atoms with Gasteiger partial charge in [-0.1, -0.05) is 13.3 Å². The molecule has 10 heavy (non-hydrogen) atoms. The van der Waals surface area contributed by atoms with Crippen LogP contribution in [-0.4, -0.2) is 18.8 Å². The lowest BCUT2D eigenvalue weighted by atomic mass is 9.96. The van der Waals surface area contributed by atoms with Crippen LogP contribution in [0.15, 0.2) is 0 Å². The smallest absolute Gasteiger partial charge is 0.0772 e. The molecule has 2 N–H and O–H groups in total. The zero-order valence-corrected chi connectivity index (χ0v) is 7.48. The Morgan fingerprint density at radius 2 is 2.00 bits per heavy atom. The van der Waals surface area contributed by atoms with Gasteiger partial charge in [0.1, 0.15) is 0 Å². The highest BCUT2D eigenvalue weighted by atomic mass is 16.5. The first-order valence-corrected chi connectivity index (χ1v) is 3.85. The molecule has 0 amide bonds. The Kier molecular flexibility index (Phi) is 3.91. The molecular formula is C8H19NO. The molecule has 0 saturated carbocycles. The van der Waals surface area contributed by atoms with Crippen molar-refractivity contribution in [2.75, 3.05) is 7.11 Å². The average molecular weight is 145 g/mol. The fourth-order valence-electron chi connectivity index (χ4n) is 0.810. The second kappa shape index (κ2) is 3.94. The van der Waals surface area contributed by atoms with Crippen LogP contribution in [-0.2, 0) is 4.74 Å². The van der Waals surface area contributed by atoms with E-state index in [4.69, 9.17) is 10.5 Å². The molecule has 1 atom stereocenters. The van der Waals surface area contributed by atoms with E-state index in [2.05, 4.69) is 6.92 Å². The molecule has 0 aliphatic carbocycles. The molecule has 0 aromatic carbocycles. The summed E-state index contributed by atoms with van der Waals surface area (Å²) in [4.78, 5) is 0. The van der Waals surface area contributed by atoms with Crippen LogP contribution in [0.3, 0.4) is 0 Å². The largest absolute Gasteiger partial charge is 0.377 e. The molecule has 0 bridgehead atoms. The van der Waals surface area contributed by atoms with Crippen molar-refractivity contribution in [3.8, 4) is 0 Å². The fourth-order valence-corrected chi connectivity index (χ4v) is 0.810. The first-order valence-electron chi connectivity index (χ1n) is 3.85.